The van der Waals surface area contributed by atoms with Gasteiger partial charge in [0.2, 0.25) is 5.91 Å². The number of likely N-dealkylation sites (tertiary alicyclic amines) is 1. The molecule has 2 heterocycles. The highest BCUT2D eigenvalue weighted by Gasteiger charge is 2.23. The van der Waals surface area contributed by atoms with Gasteiger partial charge < -0.3 is 10.2 Å². The molecule has 0 unspecified atom stereocenters. The van der Waals surface area contributed by atoms with Gasteiger partial charge in [0.1, 0.15) is 0 Å². The van der Waals surface area contributed by atoms with Gasteiger partial charge in [-0.15, -0.1) is 0 Å². The van der Waals surface area contributed by atoms with E-state index in [1.165, 1.54) is 37.9 Å². The standard InChI is InChI=1S/C11H15N3O2S/c1-8(15)12-11-13-10(16)9(17-11)7-14-5-3-2-4-6-14/h7H,2-6H2,1H3,(H,12,13,15,16). The Morgan fingerprint density at radius 2 is 2.12 bits per heavy atom. The summed E-state index contributed by atoms with van der Waals surface area (Å²) >= 11 is 1.23. The van der Waals surface area contributed by atoms with Gasteiger partial charge in [-0.3, -0.25) is 9.59 Å². The third kappa shape index (κ3) is 3.33. The summed E-state index contributed by atoms with van der Waals surface area (Å²) in [5.74, 6) is -0.465. The van der Waals surface area contributed by atoms with Crippen LogP contribution in [0.5, 0.6) is 0 Å². The summed E-state index contributed by atoms with van der Waals surface area (Å²) in [6.45, 7) is 3.39. The predicted octanol–water partition coefficient (Wildman–Crippen LogP) is 1.08. The van der Waals surface area contributed by atoms with Crippen molar-refractivity contribution < 1.29 is 9.59 Å². The highest BCUT2D eigenvalue weighted by atomic mass is 32.2. The number of aliphatic imine (C=N–C) groups is 1. The molecule has 2 rings (SSSR count). The summed E-state index contributed by atoms with van der Waals surface area (Å²) in [6.07, 6.45) is 5.46. The smallest absolute Gasteiger partial charge is 0.287 e. The maximum Gasteiger partial charge on any atom is 0.287 e. The minimum absolute atomic E-state index is 0.205. The Morgan fingerprint density at radius 1 is 1.41 bits per heavy atom. The lowest BCUT2D eigenvalue weighted by atomic mass is 10.1. The van der Waals surface area contributed by atoms with Crippen LogP contribution >= 0.6 is 11.8 Å². The van der Waals surface area contributed by atoms with Crippen molar-refractivity contribution in [2.24, 2.45) is 4.99 Å². The number of piperidine rings is 1. The molecular weight excluding hydrogens is 238 g/mol. The quantitative estimate of drug-likeness (QED) is 0.710. The van der Waals surface area contributed by atoms with Crippen molar-refractivity contribution in [1.82, 2.24) is 10.2 Å². The van der Waals surface area contributed by atoms with Crippen LogP contribution in [0.25, 0.3) is 0 Å². The minimum Gasteiger partial charge on any atom is -0.376 e. The first-order valence-corrected chi connectivity index (χ1v) is 6.51. The average molecular weight is 253 g/mol. The van der Waals surface area contributed by atoms with Gasteiger partial charge in [0.25, 0.3) is 5.91 Å². The number of carbonyl (C=O) groups excluding carboxylic acids is 2. The van der Waals surface area contributed by atoms with Crippen LogP contribution in [0.15, 0.2) is 16.1 Å². The van der Waals surface area contributed by atoms with Crippen LogP contribution in [0, 0.1) is 0 Å². The number of nitrogens with zero attached hydrogens (tertiary/aromatic N) is 2. The Morgan fingerprint density at radius 3 is 2.76 bits per heavy atom. The second-order valence-corrected chi connectivity index (χ2v) is 5.13. The van der Waals surface area contributed by atoms with E-state index in [2.05, 4.69) is 15.2 Å². The third-order valence-corrected chi connectivity index (χ3v) is 3.48. The topological polar surface area (TPSA) is 61.8 Å². The lowest BCUT2D eigenvalue weighted by Crippen LogP contribution is -2.25. The van der Waals surface area contributed by atoms with Crippen molar-refractivity contribution in [3.05, 3.63) is 11.1 Å². The monoisotopic (exact) mass is 253 g/mol. The largest absolute Gasteiger partial charge is 0.376 e. The van der Waals surface area contributed by atoms with Crippen LogP contribution < -0.4 is 5.32 Å². The summed E-state index contributed by atoms with van der Waals surface area (Å²) in [5, 5.41) is 2.91. The number of carbonyl (C=O) groups is 2. The van der Waals surface area contributed by atoms with E-state index in [1.807, 2.05) is 6.20 Å². The molecule has 92 valence electrons. The molecule has 2 aliphatic heterocycles. The van der Waals surface area contributed by atoms with Crippen molar-refractivity contribution in [3.63, 3.8) is 0 Å². The van der Waals surface area contributed by atoms with Crippen molar-refractivity contribution in [2.75, 3.05) is 13.1 Å². The molecule has 0 atom stereocenters. The first kappa shape index (κ1) is 12.2. The molecule has 0 aromatic carbocycles. The fourth-order valence-electron chi connectivity index (χ4n) is 1.82. The zero-order valence-electron chi connectivity index (χ0n) is 9.73. The molecule has 0 radical (unpaired) electrons. The normalized spacial score (nSPS) is 22.9. The zero-order valence-corrected chi connectivity index (χ0v) is 10.5. The van der Waals surface area contributed by atoms with E-state index in [0.29, 0.717) is 10.1 Å². The number of thioether (sulfide) groups is 1. The average Bonchev–Trinajstić information content (AvgIpc) is 2.59. The van der Waals surface area contributed by atoms with Crippen molar-refractivity contribution in [2.45, 2.75) is 26.2 Å². The number of hydrogen-bond acceptors (Lipinski definition) is 4. The summed E-state index contributed by atoms with van der Waals surface area (Å²) in [5.41, 5.74) is 0. The second kappa shape index (κ2) is 5.35. The van der Waals surface area contributed by atoms with Crippen LogP contribution in [-0.4, -0.2) is 35.0 Å². The molecule has 5 nitrogen and oxygen atoms in total. The zero-order chi connectivity index (χ0) is 12.3. The molecule has 0 bridgehead atoms. The van der Waals surface area contributed by atoms with E-state index in [-0.39, 0.29) is 11.8 Å². The molecule has 0 saturated carbocycles. The fraction of sp³-hybridized carbons (Fsp3) is 0.545. The molecule has 1 fully saturated rings. The maximum atomic E-state index is 11.6. The number of amidine groups is 1. The van der Waals surface area contributed by atoms with Gasteiger partial charge in [-0.05, 0) is 31.0 Å². The van der Waals surface area contributed by atoms with E-state index in [4.69, 9.17) is 0 Å². The van der Waals surface area contributed by atoms with Crippen molar-refractivity contribution in [1.29, 1.82) is 0 Å². The van der Waals surface area contributed by atoms with Gasteiger partial charge in [0.15, 0.2) is 5.17 Å². The Labute approximate surface area is 104 Å². The molecule has 1 N–H and O–H groups in total. The molecule has 0 aromatic rings. The Hall–Kier alpha value is -1.30. The van der Waals surface area contributed by atoms with E-state index in [1.54, 1.807) is 0 Å². The highest BCUT2D eigenvalue weighted by molar-refractivity contribution is 8.18. The number of rotatable bonds is 1. The van der Waals surface area contributed by atoms with E-state index >= 15 is 0 Å². The lowest BCUT2D eigenvalue weighted by Gasteiger charge is -2.25. The fourth-order valence-corrected chi connectivity index (χ4v) is 2.68. The van der Waals surface area contributed by atoms with Crippen LogP contribution in [-0.2, 0) is 9.59 Å². The first-order valence-electron chi connectivity index (χ1n) is 5.69. The lowest BCUT2D eigenvalue weighted by molar-refractivity contribution is -0.117. The van der Waals surface area contributed by atoms with Crippen molar-refractivity contribution in [3.8, 4) is 0 Å². The van der Waals surface area contributed by atoms with Crippen LogP contribution in [0.2, 0.25) is 0 Å². The SMILES string of the molecule is CC(=O)NC1=NC(=O)C(=CN2CCCCC2)S1. The van der Waals surface area contributed by atoms with Gasteiger partial charge in [0.05, 0.1) is 4.91 Å². The Balaban J connectivity index is 1.97. The first-order chi connectivity index (χ1) is 8.15. The molecule has 1 saturated heterocycles. The van der Waals surface area contributed by atoms with Gasteiger partial charge >= 0.3 is 0 Å². The van der Waals surface area contributed by atoms with E-state index in [0.717, 1.165) is 13.1 Å². The number of hydrogen-bond donors (Lipinski definition) is 1. The molecule has 6 heteroatoms. The van der Waals surface area contributed by atoms with E-state index in [9.17, 15) is 9.59 Å². The minimum atomic E-state index is -0.260. The van der Waals surface area contributed by atoms with E-state index < -0.39 is 0 Å². The highest BCUT2D eigenvalue weighted by Crippen LogP contribution is 2.26. The summed E-state index contributed by atoms with van der Waals surface area (Å²) in [4.78, 5) is 29.0. The number of nitrogens with one attached hydrogen (secondary N) is 1. The molecule has 0 aliphatic carbocycles. The molecule has 2 aliphatic rings. The summed E-state index contributed by atoms with van der Waals surface area (Å²) in [6, 6.07) is 0. The predicted molar refractivity (Wildman–Crippen MR) is 67.4 cm³/mol. The molecule has 2 amide bonds. The van der Waals surface area contributed by atoms with Crippen LogP contribution in [0.1, 0.15) is 26.2 Å². The van der Waals surface area contributed by atoms with Gasteiger partial charge in [-0.25, -0.2) is 0 Å². The second-order valence-electron chi connectivity index (χ2n) is 4.10. The molecule has 17 heavy (non-hydrogen) atoms. The summed E-state index contributed by atoms with van der Waals surface area (Å²) < 4.78 is 0. The maximum absolute atomic E-state index is 11.6. The van der Waals surface area contributed by atoms with Gasteiger partial charge in [0, 0.05) is 26.2 Å². The molecule has 0 spiro atoms. The van der Waals surface area contributed by atoms with Gasteiger partial charge in [-0.1, -0.05) is 0 Å². The van der Waals surface area contributed by atoms with Gasteiger partial charge in [-0.2, -0.15) is 4.99 Å². The molecule has 0 aromatic heterocycles. The summed E-state index contributed by atoms with van der Waals surface area (Å²) in [7, 11) is 0. The molecular formula is C11H15N3O2S. The van der Waals surface area contributed by atoms with Crippen LogP contribution in [0.3, 0.4) is 0 Å². The Kier molecular flexibility index (Phi) is 3.83. The number of amides is 2. The Bertz CT molecular complexity index is 398. The van der Waals surface area contributed by atoms with Crippen molar-refractivity contribution >= 4 is 28.7 Å². The third-order valence-electron chi connectivity index (χ3n) is 2.59. The van der Waals surface area contributed by atoms with Crippen LogP contribution in [0.4, 0.5) is 0 Å².